The van der Waals surface area contributed by atoms with Crippen molar-refractivity contribution in [1.29, 1.82) is 0 Å². The Morgan fingerprint density at radius 2 is 1.73 bits per heavy atom. The highest BCUT2D eigenvalue weighted by Crippen LogP contribution is 2.24. The molecule has 2 heterocycles. The van der Waals surface area contributed by atoms with Crippen molar-refractivity contribution < 1.29 is 19.2 Å². The fourth-order valence-corrected chi connectivity index (χ4v) is 5.55. The van der Waals surface area contributed by atoms with Gasteiger partial charge in [-0.2, -0.15) is 0 Å². The highest BCUT2D eigenvalue weighted by atomic mass is 16.6. The molecule has 0 radical (unpaired) electrons. The van der Waals surface area contributed by atoms with E-state index in [9.17, 15) is 14.4 Å². The normalized spacial score (nSPS) is 17.4. The zero-order chi connectivity index (χ0) is 29.0. The molecular weight excluding hydrogens is 516 g/mol. The maximum atomic E-state index is 13.6. The molecule has 0 saturated heterocycles. The minimum Gasteiger partial charge on any atom is -0.354 e. The summed E-state index contributed by atoms with van der Waals surface area (Å²) in [5.41, 5.74) is 5.59. The highest BCUT2D eigenvalue weighted by Gasteiger charge is 2.29. The van der Waals surface area contributed by atoms with E-state index < -0.39 is 12.0 Å². The van der Waals surface area contributed by atoms with Gasteiger partial charge in [0.1, 0.15) is 6.04 Å². The monoisotopic (exact) mass is 560 g/mol. The molecule has 1 aliphatic rings. The van der Waals surface area contributed by atoms with Crippen molar-refractivity contribution in [3.05, 3.63) is 71.9 Å². The molecule has 8 nitrogen and oxygen atoms in total. The van der Waals surface area contributed by atoms with Crippen LogP contribution in [0, 0.1) is 11.8 Å². The van der Waals surface area contributed by atoms with Crippen LogP contribution in [0.1, 0.15) is 69.9 Å². The minimum absolute atomic E-state index is 0.0214. The van der Waals surface area contributed by atoms with E-state index in [2.05, 4.69) is 39.0 Å². The highest BCUT2D eigenvalue weighted by molar-refractivity contribution is 5.92. The number of para-hydroxylation sites is 1. The van der Waals surface area contributed by atoms with Crippen molar-refractivity contribution >= 4 is 28.6 Å². The number of hydroxylamine groups is 1. The maximum absolute atomic E-state index is 13.6. The van der Waals surface area contributed by atoms with Crippen LogP contribution in [0.15, 0.2) is 60.8 Å². The molecule has 3 amide bonds. The second-order valence-electron chi connectivity index (χ2n) is 11.5. The van der Waals surface area contributed by atoms with Crippen molar-refractivity contribution in [3.63, 3.8) is 0 Å². The van der Waals surface area contributed by atoms with E-state index in [0.717, 1.165) is 60.7 Å². The third-order valence-corrected chi connectivity index (χ3v) is 7.63. The smallest absolute Gasteiger partial charge is 0.244 e. The van der Waals surface area contributed by atoms with Gasteiger partial charge in [-0.3, -0.25) is 19.2 Å². The molecule has 0 aliphatic carbocycles. The molecular formula is C33H44N4O4. The topological polar surface area (TPSA) is 101 Å². The number of hydrogen-bond donors (Lipinski definition) is 3. The average Bonchev–Trinajstić information content (AvgIpc) is 3.30. The van der Waals surface area contributed by atoms with Gasteiger partial charge in [-0.1, -0.05) is 81.6 Å². The second kappa shape index (κ2) is 15.4. The van der Waals surface area contributed by atoms with Gasteiger partial charge in [0.15, 0.2) is 0 Å². The Kier molecular flexibility index (Phi) is 11.4. The quantitative estimate of drug-likeness (QED) is 0.319. The number of benzene rings is 2. The van der Waals surface area contributed by atoms with Crippen molar-refractivity contribution in [1.82, 2.24) is 20.7 Å². The van der Waals surface area contributed by atoms with Crippen molar-refractivity contribution in [3.8, 4) is 0 Å². The van der Waals surface area contributed by atoms with E-state index in [0.29, 0.717) is 19.4 Å². The maximum Gasteiger partial charge on any atom is 0.244 e. The Bertz CT molecular complexity index is 1290. The van der Waals surface area contributed by atoms with Crippen LogP contribution in [0.25, 0.3) is 10.9 Å². The number of nitrogens with zero attached hydrogens (tertiary/aromatic N) is 1. The van der Waals surface area contributed by atoms with Gasteiger partial charge in [-0.25, -0.2) is 5.48 Å². The first-order chi connectivity index (χ1) is 19.9. The molecule has 1 aromatic heterocycles. The first-order valence-corrected chi connectivity index (χ1v) is 15.0. The zero-order valence-electron chi connectivity index (χ0n) is 24.4. The van der Waals surface area contributed by atoms with E-state index in [1.54, 1.807) is 0 Å². The number of nitrogens with one attached hydrogen (secondary N) is 3. The summed E-state index contributed by atoms with van der Waals surface area (Å²) < 4.78 is 2.27. The molecule has 2 bridgehead atoms. The summed E-state index contributed by atoms with van der Waals surface area (Å²) in [6.45, 7) is 5.80. The Balaban J connectivity index is 1.47. The standard InChI is InChI=1S/C33H44N4O4/c1-24(2)19-26(21-31(38)36-41-23-25-13-7-6-8-14-25)32(39)35-29-20-27-22-37(30-16-10-9-15-28(27)30)18-12-5-3-4-11-17-34-33(29)40/h6-10,13-16,22,24,26,29H,3-5,11-12,17-21,23H2,1-2H3,(H,34,40)(H,35,39)(H,36,38)/t26?,29-/m0/s1. The van der Waals surface area contributed by atoms with E-state index >= 15 is 0 Å². The Morgan fingerprint density at radius 3 is 2.54 bits per heavy atom. The van der Waals surface area contributed by atoms with E-state index in [1.807, 2.05) is 56.3 Å². The van der Waals surface area contributed by atoms with Crippen molar-refractivity contribution in [2.24, 2.45) is 11.8 Å². The number of aromatic nitrogens is 1. The van der Waals surface area contributed by atoms with Gasteiger partial charge >= 0.3 is 0 Å². The van der Waals surface area contributed by atoms with Crippen LogP contribution < -0.4 is 16.1 Å². The number of carbonyl (C=O) groups excluding carboxylic acids is 3. The molecule has 0 saturated carbocycles. The number of carbonyl (C=O) groups is 3. The molecule has 1 unspecified atom stereocenters. The number of aryl methyl sites for hydroxylation is 1. The van der Waals surface area contributed by atoms with Gasteiger partial charge in [0, 0.05) is 48.9 Å². The largest absolute Gasteiger partial charge is 0.354 e. The lowest BCUT2D eigenvalue weighted by atomic mass is 9.92. The van der Waals surface area contributed by atoms with Gasteiger partial charge in [0.2, 0.25) is 17.7 Å². The molecule has 2 atom stereocenters. The van der Waals surface area contributed by atoms with Crippen LogP contribution in [-0.2, 0) is 38.8 Å². The molecule has 0 spiro atoms. The lowest BCUT2D eigenvalue weighted by Gasteiger charge is -2.23. The fourth-order valence-electron chi connectivity index (χ4n) is 5.55. The van der Waals surface area contributed by atoms with Crippen LogP contribution >= 0.6 is 0 Å². The summed E-state index contributed by atoms with van der Waals surface area (Å²) in [5, 5.41) is 7.17. The molecule has 2 aromatic carbocycles. The van der Waals surface area contributed by atoms with Crippen LogP contribution in [0.4, 0.5) is 0 Å². The average molecular weight is 561 g/mol. The molecule has 8 heteroatoms. The summed E-state index contributed by atoms with van der Waals surface area (Å²) in [6, 6.07) is 17.1. The van der Waals surface area contributed by atoms with E-state index in [4.69, 9.17) is 4.84 Å². The molecule has 0 fully saturated rings. The van der Waals surface area contributed by atoms with E-state index in [1.165, 1.54) is 0 Å². The number of fused-ring (bicyclic) bond motifs is 5. The Labute approximate surface area is 243 Å². The van der Waals surface area contributed by atoms with Crippen LogP contribution in [0.2, 0.25) is 0 Å². The van der Waals surface area contributed by atoms with E-state index in [-0.39, 0.29) is 36.7 Å². The number of amides is 3. The lowest BCUT2D eigenvalue weighted by molar-refractivity contribution is -0.139. The fraction of sp³-hybridized carbons (Fsp3) is 0.485. The van der Waals surface area contributed by atoms with Gasteiger partial charge in [-0.05, 0) is 42.4 Å². The Morgan fingerprint density at radius 1 is 1.00 bits per heavy atom. The van der Waals surface area contributed by atoms with Crippen LogP contribution in [-0.4, -0.2) is 34.9 Å². The minimum atomic E-state index is -0.739. The SMILES string of the molecule is CC(C)CC(CC(=O)NOCc1ccccc1)C(=O)N[C@H]1Cc2cn(c3ccccc23)CCCCCCCNC1=O. The van der Waals surface area contributed by atoms with Gasteiger partial charge in [0.25, 0.3) is 0 Å². The lowest BCUT2D eigenvalue weighted by Crippen LogP contribution is -2.50. The summed E-state index contributed by atoms with van der Waals surface area (Å²) >= 11 is 0. The first kappa shape index (κ1) is 30.3. The molecule has 4 rings (SSSR count). The van der Waals surface area contributed by atoms with Crippen molar-refractivity contribution in [2.75, 3.05) is 6.54 Å². The summed E-state index contributed by atoms with van der Waals surface area (Å²) in [5.74, 6) is -1.23. The predicted molar refractivity (Wildman–Crippen MR) is 161 cm³/mol. The molecule has 1 aliphatic heterocycles. The van der Waals surface area contributed by atoms with Gasteiger partial charge < -0.3 is 15.2 Å². The number of rotatable bonds is 9. The van der Waals surface area contributed by atoms with Crippen LogP contribution in [0.5, 0.6) is 0 Å². The molecule has 3 N–H and O–H groups in total. The Hall–Kier alpha value is -3.65. The van der Waals surface area contributed by atoms with Crippen molar-refractivity contribution in [2.45, 2.75) is 84.4 Å². The number of hydrogen-bond acceptors (Lipinski definition) is 4. The third-order valence-electron chi connectivity index (χ3n) is 7.63. The zero-order valence-corrected chi connectivity index (χ0v) is 24.4. The summed E-state index contributed by atoms with van der Waals surface area (Å²) in [7, 11) is 0. The molecule has 3 aromatic rings. The second-order valence-corrected chi connectivity index (χ2v) is 11.5. The van der Waals surface area contributed by atoms with Crippen LogP contribution in [0.3, 0.4) is 0 Å². The summed E-state index contributed by atoms with van der Waals surface area (Å²) in [4.78, 5) is 45.1. The molecule has 41 heavy (non-hydrogen) atoms. The van der Waals surface area contributed by atoms with Gasteiger partial charge in [0.05, 0.1) is 6.61 Å². The van der Waals surface area contributed by atoms with Gasteiger partial charge in [-0.15, -0.1) is 0 Å². The first-order valence-electron chi connectivity index (χ1n) is 15.0. The third kappa shape index (κ3) is 9.18. The summed E-state index contributed by atoms with van der Waals surface area (Å²) in [6.07, 6.45) is 8.40. The predicted octanol–water partition coefficient (Wildman–Crippen LogP) is 5.05. The molecule has 220 valence electrons.